The highest BCUT2D eigenvalue weighted by molar-refractivity contribution is 5.88. The highest BCUT2D eigenvalue weighted by atomic mass is 16.1. The Morgan fingerprint density at radius 1 is 1.26 bits per heavy atom. The van der Waals surface area contributed by atoms with E-state index in [-0.39, 0.29) is 5.91 Å². The van der Waals surface area contributed by atoms with Crippen LogP contribution in [0.1, 0.15) is 26.3 Å². The first-order chi connectivity index (χ1) is 8.99. The molecule has 0 bridgehead atoms. The third kappa shape index (κ3) is 6.36. The van der Waals surface area contributed by atoms with Crippen molar-refractivity contribution in [2.24, 2.45) is 0 Å². The Bertz CT molecular complexity index is 387. The summed E-state index contributed by atoms with van der Waals surface area (Å²) in [7, 11) is 2.13. The monoisotopic (exact) mass is 263 g/mol. The highest BCUT2D eigenvalue weighted by Gasteiger charge is 2.01. The number of rotatable bonds is 7. The number of anilines is 1. The predicted molar refractivity (Wildman–Crippen MR) is 80.2 cm³/mol. The van der Waals surface area contributed by atoms with E-state index < -0.39 is 0 Å². The Balaban J connectivity index is 2.28. The quantitative estimate of drug-likeness (QED) is 0.740. The van der Waals surface area contributed by atoms with Crippen LogP contribution in [0.4, 0.5) is 5.69 Å². The molecular formula is C15H25N3O. The van der Waals surface area contributed by atoms with Gasteiger partial charge in [0.2, 0.25) is 5.91 Å². The minimum atomic E-state index is -0.0393. The number of likely N-dealkylation sites (N-methyl/N-ethyl adjacent to an activating group) is 1. The molecule has 4 nitrogen and oxygen atoms in total. The molecule has 0 saturated carbocycles. The van der Waals surface area contributed by atoms with Crippen LogP contribution in [0.2, 0.25) is 0 Å². The average molecular weight is 263 g/mol. The van der Waals surface area contributed by atoms with Gasteiger partial charge in [0.15, 0.2) is 0 Å². The average Bonchev–Trinajstić information content (AvgIpc) is 2.35. The molecule has 0 aliphatic rings. The van der Waals surface area contributed by atoms with Crippen LogP contribution in [-0.4, -0.2) is 37.0 Å². The van der Waals surface area contributed by atoms with E-state index in [1.54, 1.807) is 0 Å². The molecule has 0 radical (unpaired) electrons. The van der Waals surface area contributed by atoms with Gasteiger partial charge in [-0.05, 0) is 38.6 Å². The maximum atomic E-state index is 10.9. The van der Waals surface area contributed by atoms with Gasteiger partial charge in [0.05, 0.1) is 0 Å². The summed E-state index contributed by atoms with van der Waals surface area (Å²) in [5.41, 5.74) is 2.07. The molecule has 0 unspecified atom stereocenters. The van der Waals surface area contributed by atoms with Crippen molar-refractivity contribution in [2.75, 3.05) is 25.5 Å². The fraction of sp³-hybridized carbons (Fsp3) is 0.533. The molecule has 19 heavy (non-hydrogen) atoms. The Morgan fingerprint density at radius 3 is 2.42 bits per heavy atom. The molecule has 1 aromatic carbocycles. The number of hydrogen-bond acceptors (Lipinski definition) is 3. The van der Waals surface area contributed by atoms with Gasteiger partial charge in [0.1, 0.15) is 0 Å². The normalized spacial score (nSPS) is 11.1. The van der Waals surface area contributed by atoms with Crippen molar-refractivity contribution in [1.29, 1.82) is 0 Å². The van der Waals surface area contributed by atoms with Crippen molar-refractivity contribution in [2.45, 2.75) is 33.4 Å². The molecule has 1 aromatic rings. The Hall–Kier alpha value is -1.39. The number of nitrogens with one attached hydrogen (secondary N) is 2. The molecule has 4 heteroatoms. The highest BCUT2D eigenvalue weighted by Crippen LogP contribution is 2.09. The van der Waals surface area contributed by atoms with E-state index in [0.29, 0.717) is 6.04 Å². The number of carbonyl (C=O) groups excluding carboxylic acids is 1. The zero-order chi connectivity index (χ0) is 14.3. The second-order valence-electron chi connectivity index (χ2n) is 5.13. The fourth-order valence-corrected chi connectivity index (χ4v) is 1.66. The summed E-state index contributed by atoms with van der Waals surface area (Å²) in [6, 6.07) is 8.50. The van der Waals surface area contributed by atoms with Crippen LogP contribution in [-0.2, 0) is 11.3 Å². The van der Waals surface area contributed by atoms with Gasteiger partial charge in [0, 0.05) is 38.3 Å². The van der Waals surface area contributed by atoms with E-state index >= 15 is 0 Å². The minimum Gasteiger partial charge on any atom is -0.326 e. The number of nitrogens with zero attached hydrogens (tertiary/aromatic N) is 1. The van der Waals surface area contributed by atoms with E-state index in [4.69, 9.17) is 0 Å². The molecule has 1 amide bonds. The van der Waals surface area contributed by atoms with E-state index in [2.05, 4.69) is 36.4 Å². The van der Waals surface area contributed by atoms with E-state index in [0.717, 1.165) is 25.3 Å². The first-order valence-corrected chi connectivity index (χ1v) is 6.76. The topological polar surface area (TPSA) is 44.4 Å². The molecule has 1 rings (SSSR count). The van der Waals surface area contributed by atoms with Crippen LogP contribution in [0.3, 0.4) is 0 Å². The van der Waals surface area contributed by atoms with Gasteiger partial charge >= 0.3 is 0 Å². The summed E-state index contributed by atoms with van der Waals surface area (Å²) in [6.07, 6.45) is 0. The number of amides is 1. The number of carbonyl (C=O) groups is 1. The lowest BCUT2D eigenvalue weighted by Crippen LogP contribution is -2.33. The molecule has 0 spiro atoms. The molecule has 2 N–H and O–H groups in total. The van der Waals surface area contributed by atoms with Crippen LogP contribution in [0.25, 0.3) is 0 Å². The maximum absolute atomic E-state index is 10.9. The first-order valence-electron chi connectivity index (χ1n) is 6.76. The van der Waals surface area contributed by atoms with Gasteiger partial charge < -0.3 is 15.5 Å². The summed E-state index contributed by atoms with van der Waals surface area (Å²) in [6.45, 7) is 8.78. The van der Waals surface area contributed by atoms with Crippen molar-refractivity contribution in [3.05, 3.63) is 29.8 Å². The third-order valence-electron chi connectivity index (χ3n) is 3.13. The number of benzene rings is 1. The predicted octanol–water partition coefficient (Wildman–Crippen LogP) is 2.07. The third-order valence-corrected chi connectivity index (χ3v) is 3.13. The van der Waals surface area contributed by atoms with Crippen LogP contribution in [0.5, 0.6) is 0 Å². The van der Waals surface area contributed by atoms with Gasteiger partial charge in [-0.2, -0.15) is 0 Å². The molecular weight excluding hydrogens is 238 g/mol. The minimum absolute atomic E-state index is 0.0393. The second kappa shape index (κ2) is 7.92. The largest absolute Gasteiger partial charge is 0.326 e. The molecule has 0 aliphatic heterocycles. The lowest BCUT2D eigenvalue weighted by atomic mass is 10.2. The second-order valence-corrected chi connectivity index (χ2v) is 5.13. The van der Waals surface area contributed by atoms with Gasteiger partial charge in [-0.3, -0.25) is 4.79 Å². The summed E-state index contributed by atoms with van der Waals surface area (Å²) in [4.78, 5) is 13.2. The standard InChI is InChI=1S/C15H25N3O/c1-12(2)18(4)10-9-16-11-14-5-7-15(8-6-14)17-13(3)19/h5-8,12,16H,9-11H2,1-4H3,(H,17,19). The summed E-state index contributed by atoms with van der Waals surface area (Å²) in [5.74, 6) is -0.0393. The Morgan fingerprint density at radius 2 is 1.89 bits per heavy atom. The molecule has 0 fully saturated rings. The maximum Gasteiger partial charge on any atom is 0.221 e. The van der Waals surface area contributed by atoms with E-state index in [1.807, 2.05) is 24.3 Å². The smallest absolute Gasteiger partial charge is 0.221 e. The summed E-state index contributed by atoms with van der Waals surface area (Å²) >= 11 is 0. The van der Waals surface area contributed by atoms with Crippen LogP contribution in [0, 0.1) is 0 Å². The van der Waals surface area contributed by atoms with Crippen LogP contribution >= 0.6 is 0 Å². The van der Waals surface area contributed by atoms with Gasteiger partial charge in [-0.1, -0.05) is 12.1 Å². The van der Waals surface area contributed by atoms with Crippen molar-refractivity contribution in [3.8, 4) is 0 Å². The molecule has 0 aliphatic carbocycles. The summed E-state index contributed by atoms with van der Waals surface area (Å²) in [5, 5.41) is 6.18. The zero-order valence-electron chi connectivity index (χ0n) is 12.4. The molecule has 0 atom stereocenters. The molecule has 0 aromatic heterocycles. The number of hydrogen-bond donors (Lipinski definition) is 2. The molecule has 0 heterocycles. The Labute approximate surface area is 116 Å². The fourth-order valence-electron chi connectivity index (χ4n) is 1.66. The van der Waals surface area contributed by atoms with Crippen LogP contribution < -0.4 is 10.6 Å². The van der Waals surface area contributed by atoms with Crippen molar-refractivity contribution in [3.63, 3.8) is 0 Å². The van der Waals surface area contributed by atoms with Crippen molar-refractivity contribution < 1.29 is 4.79 Å². The Kier molecular flexibility index (Phi) is 6.53. The zero-order valence-corrected chi connectivity index (χ0v) is 12.4. The van der Waals surface area contributed by atoms with Crippen LogP contribution in [0.15, 0.2) is 24.3 Å². The van der Waals surface area contributed by atoms with E-state index in [9.17, 15) is 4.79 Å². The van der Waals surface area contributed by atoms with Crippen molar-refractivity contribution in [1.82, 2.24) is 10.2 Å². The van der Waals surface area contributed by atoms with Gasteiger partial charge in [0.25, 0.3) is 0 Å². The lowest BCUT2D eigenvalue weighted by molar-refractivity contribution is -0.114. The molecule has 106 valence electrons. The van der Waals surface area contributed by atoms with Gasteiger partial charge in [-0.25, -0.2) is 0 Å². The lowest BCUT2D eigenvalue weighted by Gasteiger charge is -2.20. The molecule has 0 saturated heterocycles. The summed E-state index contributed by atoms with van der Waals surface area (Å²) < 4.78 is 0. The van der Waals surface area contributed by atoms with E-state index in [1.165, 1.54) is 12.5 Å². The van der Waals surface area contributed by atoms with Crippen molar-refractivity contribution >= 4 is 11.6 Å². The van der Waals surface area contributed by atoms with Gasteiger partial charge in [-0.15, -0.1) is 0 Å². The first kappa shape index (κ1) is 15.7. The SMILES string of the molecule is CC(=O)Nc1ccc(CNCCN(C)C(C)C)cc1.